The first-order valence-electron chi connectivity index (χ1n) is 5.62. The highest BCUT2D eigenvalue weighted by atomic mass is 16.4. The summed E-state index contributed by atoms with van der Waals surface area (Å²) in [6, 6.07) is 0. The zero-order chi connectivity index (χ0) is 13.2. The van der Waals surface area contributed by atoms with E-state index in [1.165, 1.54) is 0 Å². The number of hydrogen-bond acceptors (Lipinski definition) is 5. The molecule has 0 radical (unpaired) electrons. The zero-order valence-corrected chi connectivity index (χ0v) is 10.1. The van der Waals surface area contributed by atoms with Gasteiger partial charge in [0.15, 0.2) is 5.84 Å². The molecule has 1 saturated carbocycles. The smallest absolute Gasteiger partial charge is 0.234 e. The number of amidine groups is 1. The quantitative estimate of drug-likeness (QED) is 0.299. The minimum Gasteiger partial charge on any atom is -0.409 e. The number of nitrogens with two attached hydrogens (primary N) is 1. The molecule has 7 heteroatoms. The van der Waals surface area contributed by atoms with Crippen molar-refractivity contribution in [2.45, 2.75) is 26.3 Å². The Morgan fingerprint density at radius 2 is 2.28 bits per heavy atom. The van der Waals surface area contributed by atoms with Gasteiger partial charge in [0.2, 0.25) is 5.91 Å². The molecule has 18 heavy (non-hydrogen) atoms. The van der Waals surface area contributed by atoms with Crippen LogP contribution in [0.25, 0.3) is 0 Å². The van der Waals surface area contributed by atoms with Crippen LogP contribution >= 0.6 is 0 Å². The molecule has 1 aliphatic rings. The molecule has 0 bridgehead atoms. The Bertz CT molecular complexity index is 479. The van der Waals surface area contributed by atoms with Crippen LogP contribution in [0, 0.1) is 12.3 Å². The number of nitrogens with zero attached hydrogens (tertiary/aromatic N) is 3. The van der Waals surface area contributed by atoms with E-state index < -0.39 is 5.41 Å². The molecule has 0 spiro atoms. The van der Waals surface area contributed by atoms with Crippen LogP contribution in [0.3, 0.4) is 0 Å². The number of hydrogen-bond donors (Lipinski definition) is 3. The number of amides is 1. The van der Waals surface area contributed by atoms with Crippen LogP contribution in [-0.4, -0.2) is 26.9 Å². The first-order chi connectivity index (χ1) is 8.58. The largest absolute Gasteiger partial charge is 0.409 e. The van der Waals surface area contributed by atoms with Crippen LogP contribution in [0.5, 0.6) is 0 Å². The summed E-state index contributed by atoms with van der Waals surface area (Å²) < 4.78 is 0. The third-order valence-electron chi connectivity index (χ3n) is 3.05. The number of nitrogens with one attached hydrogen (secondary N) is 1. The molecule has 0 saturated heterocycles. The third-order valence-corrected chi connectivity index (χ3v) is 3.05. The van der Waals surface area contributed by atoms with Gasteiger partial charge in [-0.05, 0) is 19.8 Å². The lowest BCUT2D eigenvalue weighted by atomic mass is 10.1. The lowest BCUT2D eigenvalue weighted by Gasteiger charge is -2.13. The van der Waals surface area contributed by atoms with Crippen LogP contribution < -0.4 is 11.1 Å². The Balaban J connectivity index is 1.95. The van der Waals surface area contributed by atoms with Gasteiger partial charge >= 0.3 is 0 Å². The molecule has 0 unspecified atom stereocenters. The SMILES string of the molecule is Cc1cnc(CNC(=O)C2(C(N)=NO)CC2)cn1. The van der Waals surface area contributed by atoms with Crippen LogP contribution in [-0.2, 0) is 11.3 Å². The molecule has 0 atom stereocenters. The van der Waals surface area contributed by atoms with E-state index in [4.69, 9.17) is 10.9 Å². The van der Waals surface area contributed by atoms with E-state index in [-0.39, 0.29) is 18.3 Å². The fraction of sp³-hybridized carbons (Fsp3) is 0.455. The predicted molar refractivity (Wildman–Crippen MR) is 63.7 cm³/mol. The number of carbonyl (C=O) groups excluding carboxylic acids is 1. The lowest BCUT2D eigenvalue weighted by molar-refractivity contribution is -0.124. The summed E-state index contributed by atoms with van der Waals surface area (Å²) >= 11 is 0. The molecule has 0 aliphatic heterocycles. The Hall–Kier alpha value is -2.18. The topological polar surface area (TPSA) is 113 Å². The zero-order valence-electron chi connectivity index (χ0n) is 10.1. The van der Waals surface area contributed by atoms with E-state index in [1.807, 2.05) is 6.92 Å². The Morgan fingerprint density at radius 3 is 2.78 bits per heavy atom. The Morgan fingerprint density at radius 1 is 1.56 bits per heavy atom. The maximum atomic E-state index is 11.9. The predicted octanol–water partition coefficient (Wildman–Crippen LogP) is -0.0722. The van der Waals surface area contributed by atoms with Gasteiger partial charge in [-0.2, -0.15) is 0 Å². The van der Waals surface area contributed by atoms with E-state index in [2.05, 4.69) is 20.4 Å². The monoisotopic (exact) mass is 249 g/mol. The summed E-state index contributed by atoms with van der Waals surface area (Å²) in [5.74, 6) is -0.268. The van der Waals surface area contributed by atoms with Crippen molar-refractivity contribution in [2.75, 3.05) is 0 Å². The summed E-state index contributed by atoms with van der Waals surface area (Å²) in [4.78, 5) is 20.2. The molecule has 1 aromatic heterocycles. The van der Waals surface area contributed by atoms with Gasteiger partial charge in [-0.1, -0.05) is 5.16 Å². The number of aromatic nitrogens is 2. The van der Waals surface area contributed by atoms with E-state index >= 15 is 0 Å². The number of oxime groups is 1. The fourth-order valence-electron chi connectivity index (χ4n) is 1.67. The first-order valence-corrected chi connectivity index (χ1v) is 5.62. The van der Waals surface area contributed by atoms with Crippen molar-refractivity contribution in [3.05, 3.63) is 23.8 Å². The van der Waals surface area contributed by atoms with Gasteiger partial charge < -0.3 is 16.3 Å². The van der Waals surface area contributed by atoms with Crippen LogP contribution in [0.4, 0.5) is 0 Å². The number of aryl methyl sites for hydroxylation is 1. The molecule has 1 aliphatic carbocycles. The maximum Gasteiger partial charge on any atom is 0.234 e. The van der Waals surface area contributed by atoms with Crippen LogP contribution in [0.15, 0.2) is 17.5 Å². The second-order valence-corrected chi connectivity index (χ2v) is 4.40. The molecule has 96 valence electrons. The molecular weight excluding hydrogens is 234 g/mol. The minimum atomic E-state index is -0.827. The van der Waals surface area contributed by atoms with Crippen LogP contribution in [0.2, 0.25) is 0 Å². The molecule has 0 aromatic carbocycles. The van der Waals surface area contributed by atoms with Crippen LogP contribution in [0.1, 0.15) is 24.2 Å². The fourth-order valence-corrected chi connectivity index (χ4v) is 1.67. The van der Waals surface area contributed by atoms with Crippen molar-refractivity contribution in [1.29, 1.82) is 0 Å². The molecule has 1 fully saturated rings. The third kappa shape index (κ3) is 2.24. The van der Waals surface area contributed by atoms with Gasteiger partial charge in [-0.25, -0.2) is 0 Å². The molecule has 1 aromatic rings. The van der Waals surface area contributed by atoms with Crippen molar-refractivity contribution in [1.82, 2.24) is 15.3 Å². The standard InChI is InChI=1S/C11H15N5O2/c1-7-4-14-8(5-13-7)6-15-10(17)11(2-3-11)9(12)16-18/h4-5,18H,2-3,6H2,1H3,(H2,12,16)(H,15,17). The van der Waals surface area contributed by atoms with Crippen molar-refractivity contribution in [3.8, 4) is 0 Å². The van der Waals surface area contributed by atoms with Gasteiger partial charge in [-0.15, -0.1) is 0 Å². The number of carbonyl (C=O) groups is 1. The van der Waals surface area contributed by atoms with E-state index in [1.54, 1.807) is 12.4 Å². The van der Waals surface area contributed by atoms with Gasteiger partial charge in [0.25, 0.3) is 0 Å². The Kier molecular flexibility index (Phi) is 3.14. The summed E-state index contributed by atoms with van der Waals surface area (Å²) in [5.41, 5.74) is 6.18. The molecule has 1 heterocycles. The minimum absolute atomic E-state index is 0.0324. The van der Waals surface area contributed by atoms with Gasteiger partial charge in [0, 0.05) is 6.20 Å². The molecular formula is C11H15N5O2. The molecule has 4 N–H and O–H groups in total. The second kappa shape index (κ2) is 4.59. The number of rotatable bonds is 4. The van der Waals surface area contributed by atoms with Crippen molar-refractivity contribution in [3.63, 3.8) is 0 Å². The average molecular weight is 249 g/mol. The van der Waals surface area contributed by atoms with Gasteiger partial charge in [0.1, 0.15) is 5.41 Å². The average Bonchev–Trinajstić information content (AvgIpc) is 3.18. The maximum absolute atomic E-state index is 11.9. The second-order valence-electron chi connectivity index (χ2n) is 4.40. The molecule has 1 amide bonds. The van der Waals surface area contributed by atoms with Crippen molar-refractivity contribution in [2.24, 2.45) is 16.3 Å². The normalized spacial score (nSPS) is 17.3. The van der Waals surface area contributed by atoms with Crippen molar-refractivity contribution < 1.29 is 10.0 Å². The van der Waals surface area contributed by atoms with Crippen molar-refractivity contribution >= 4 is 11.7 Å². The molecule has 2 rings (SSSR count). The highest BCUT2D eigenvalue weighted by molar-refractivity contribution is 6.09. The Labute approximate surface area is 104 Å². The summed E-state index contributed by atoms with van der Waals surface area (Å²) in [7, 11) is 0. The summed E-state index contributed by atoms with van der Waals surface area (Å²) in [6.07, 6.45) is 4.46. The lowest BCUT2D eigenvalue weighted by Crippen LogP contribution is -2.40. The summed E-state index contributed by atoms with van der Waals surface area (Å²) in [6.45, 7) is 2.12. The highest BCUT2D eigenvalue weighted by Gasteiger charge is 2.54. The van der Waals surface area contributed by atoms with Gasteiger partial charge in [0.05, 0.1) is 24.1 Å². The van der Waals surface area contributed by atoms with E-state index in [0.29, 0.717) is 18.5 Å². The first kappa shape index (κ1) is 12.3. The molecule has 7 nitrogen and oxygen atoms in total. The highest BCUT2D eigenvalue weighted by Crippen LogP contribution is 2.46. The van der Waals surface area contributed by atoms with Gasteiger partial charge in [-0.3, -0.25) is 14.8 Å². The van der Waals surface area contributed by atoms with E-state index in [9.17, 15) is 4.79 Å². The van der Waals surface area contributed by atoms with E-state index in [0.717, 1.165) is 5.69 Å². The summed E-state index contributed by atoms with van der Waals surface area (Å²) in [5, 5.41) is 14.3.